The van der Waals surface area contributed by atoms with Gasteiger partial charge in [-0.2, -0.15) is 0 Å². The van der Waals surface area contributed by atoms with Crippen molar-refractivity contribution in [2.24, 2.45) is 0 Å². The summed E-state index contributed by atoms with van der Waals surface area (Å²) in [5.74, 6) is 0. The van der Waals surface area contributed by atoms with E-state index in [2.05, 4.69) is 15.9 Å². The smallest absolute Gasteiger partial charge is 0.192 e. The molecule has 50 valence electrons. The van der Waals surface area contributed by atoms with Crippen molar-refractivity contribution in [1.29, 1.82) is 0 Å². The Labute approximate surface area is 58.6 Å². The molecule has 0 aliphatic carbocycles. The lowest BCUT2D eigenvalue weighted by Gasteiger charge is -1.95. The van der Waals surface area contributed by atoms with Crippen molar-refractivity contribution in [3.8, 4) is 0 Å². The Bertz CT molecular complexity index is 68.4. The molecule has 0 aromatic carbocycles. The second-order valence-corrected chi connectivity index (χ2v) is 3.57. The van der Waals surface area contributed by atoms with Gasteiger partial charge < -0.3 is 4.52 Å². The van der Waals surface area contributed by atoms with Crippen molar-refractivity contribution in [2.45, 2.75) is 6.92 Å². The van der Waals surface area contributed by atoms with E-state index < -0.39 is 8.03 Å². The minimum atomic E-state index is -1.69. The molecule has 0 saturated heterocycles. The quantitative estimate of drug-likeness (QED) is 0.512. The summed E-state index contributed by atoms with van der Waals surface area (Å²) in [5, 5.41) is 0.769. The topological polar surface area (TPSA) is 26.3 Å². The first kappa shape index (κ1) is 8.67. The highest BCUT2D eigenvalue weighted by Gasteiger charge is 1.93. The van der Waals surface area contributed by atoms with Crippen LogP contribution in [-0.2, 0) is 9.09 Å². The van der Waals surface area contributed by atoms with Gasteiger partial charge in [-0.25, -0.2) is 0 Å². The molecule has 4 heteroatoms. The highest BCUT2D eigenvalue weighted by atomic mass is 79.9. The molecule has 8 heavy (non-hydrogen) atoms. The van der Waals surface area contributed by atoms with Crippen LogP contribution in [0.2, 0.25) is 0 Å². The van der Waals surface area contributed by atoms with Crippen LogP contribution in [0.25, 0.3) is 0 Å². The monoisotopic (exact) mass is 200 g/mol. The molecule has 0 fully saturated rings. The van der Waals surface area contributed by atoms with E-state index in [1.807, 2.05) is 6.92 Å². The van der Waals surface area contributed by atoms with Crippen molar-refractivity contribution in [2.75, 3.05) is 18.1 Å². The van der Waals surface area contributed by atoms with E-state index in [9.17, 15) is 4.57 Å². The third kappa shape index (κ3) is 4.82. The van der Waals surface area contributed by atoms with Crippen molar-refractivity contribution < 1.29 is 9.09 Å². The Balaban J connectivity index is 3.06. The summed E-state index contributed by atoms with van der Waals surface area (Å²) in [6.45, 7) is 2.40. The summed E-state index contributed by atoms with van der Waals surface area (Å²) in [6.07, 6.45) is 0.651. The van der Waals surface area contributed by atoms with E-state index in [0.29, 0.717) is 12.8 Å². The number of rotatable bonds is 4. The maximum atomic E-state index is 10.6. The highest BCUT2D eigenvalue weighted by Crippen LogP contribution is 2.21. The van der Waals surface area contributed by atoms with Crippen LogP contribution in [0.15, 0.2) is 0 Å². The number of hydrogen-bond donors (Lipinski definition) is 0. The summed E-state index contributed by atoms with van der Waals surface area (Å²) in [7, 11) is -1.69. The van der Waals surface area contributed by atoms with Crippen LogP contribution >= 0.6 is 24.0 Å². The number of halogens is 1. The van der Waals surface area contributed by atoms with Gasteiger partial charge in [-0.1, -0.05) is 15.9 Å². The number of hydrogen-bond acceptors (Lipinski definition) is 2. The van der Waals surface area contributed by atoms with Gasteiger partial charge >= 0.3 is 0 Å². The van der Waals surface area contributed by atoms with Crippen molar-refractivity contribution in [3.05, 3.63) is 0 Å². The summed E-state index contributed by atoms with van der Waals surface area (Å²) in [4.78, 5) is 0. The second-order valence-electron chi connectivity index (χ2n) is 1.24. The van der Waals surface area contributed by atoms with Crippen LogP contribution in [0, 0.1) is 0 Å². The molecular weight excluding hydrogens is 191 g/mol. The molecule has 0 rings (SSSR count). The highest BCUT2D eigenvalue weighted by molar-refractivity contribution is 9.09. The van der Waals surface area contributed by atoms with Gasteiger partial charge in [0, 0.05) is 11.5 Å². The fourth-order valence-corrected chi connectivity index (χ4v) is 1.90. The molecule has 0 aliphatic heterocycles. The molecule has 0 saturated carbocycles. The predicted octanol–water partition coefficient (Wildman–Crippen LogP) is 1.89. The van der Waals surface area contributed by atoms with Gasteiger partial charge in [0.1, 0.15) is 0 Å². The molecule has 0 spiro atoms. The molecule has 0 N–H and O–H groups in total. The van der Waals surface area contributed by atoms with Gasteiger partial charge in [0.2, 0.25) is 0 Å². The molecule has 0 amide bonds. The van der Waals surface area contributed by atoms with E-state index in [0.717, 1.165) is 5.33 Å². The van der Waals surface area contributed by atoms with Gasteiger partial charge in [0.15, 0.2) is 8.03 Å². The average molecular weight is 201 g/mol. The first-order valence-corrected chi connectivity index (χ1v) is 5.17. The lowest BCUT2D eigenvalue weighted by molar-refractivity contribution is 0.351. The SMILES string of the molecule is CCO[PH](=O)CCBr. The minimum Gasteiger partial charge on any atom is -0.331 e. The third-order valence-corrected chi connectivity index (χ3v) is 3.00. The Morgan fingerprint density at radius 2 is 2.38 bits per heavy atom. The second kappa shape index (κ2) is 5.80. The van der Waals surface area contributed by atoms with Crippen molar-refractivity contribution in [3.63, 3.8) is 0 Å². The fourth-order valence-electron chi connectivity index (χ4n) is 0.310. The summed E-state index contributed by atoms with van der Waals surface area (Å²) < 4.78 is 15.4. The summed E-state index contributed by atoms with van der Waals surface area (Å²) in [6, 6.07) is 0. The lowest BCUT2D eigenvalue weighted by Crippen LogP contribution is -1.82. The molecule has 0 bridgehead atoms. The standard InChI is InChI=1S/C4H10BrO2P/c1-2-7-8(6)4-3-5/h8H,2-4H2,1H3. The van der Waals surface area contributed by atoms with Crippen LogP contribution in [-0.4, -0.2) is 18.1 Å². The van der Waals surface area contributed by atoms with Gasteiger partial charge in [-0.3, -0.25) is 4.57 Å². The Morgan fingerprint density at radius 3 is 2.75 bits per heavy atom. The van der Waals surface area contributed by atoms with Crippen LogP contribution in [0.1, 0.15) is 6.92 Å². The first-order valence-electron chi connectivity index (χ1n) is 2.52. The zero-order valence-electron chi connectivity index (χ0n) is 4.82. The van der Waals surface area contributed by atoms with Crippen molar-refractivity contribution in [1.82, 2.24) is 0 Å². The van der Waals surface area contributed by atoms with Crippen LogP contribution in [0.3, 0.4) is 0 Å². The van der Waals surface area contributed by atoms with Gasteiger partial charge in [0.05, 0.1) is 6.61 Å². The average Bonchev–Trinajstić information content (AvgIpc) is 1.68. The summed E-state index contributed by atoms with van der Waals surface area (Å²) >= 11 is 3.17. The Morgan fingerprint density at radius 1 is 1.75 bits per heavy atom. The van der Waals surface area contributed by atoms with Crippen LogP contribution < -0.4 is 0 Å². The fraction of sp³-hybridized carbons (Fsp3) is 1.00. The van der Waals surface area contributed by atoms with Crippen LogP contribution in [0.4, 0.5) is 0 Å². The van der Waals surface area contributed by atoms with E-state index in [4.69, 9.17) is 4.52 Å². The summed E-state index contributed by atoms with van der Waals surface area (Å²) in [5.41, 5.74) is 0. The zero-order chi connectivity index (χ0) is 6.41. The van der Waals surface area contributed by atoms with E-state index in [1.54, 1.807) is 0 Å². The van der Waals surface area contributed by atoms with E-state index in [-0.39, 0.29) is 0 Å². The minimum absolute atomic E-state index is 0.560. The van der Waals surface area contributed by atoms with Gasteiger partial charge in [0.25, 0.3) is 0 Å². The lowest BCUT2D eigenvalue weighted by atomic mass is 10.9. The molecule has 1 unspecified atom stereocenters. The van der Waals surface area contributed by atoms with E-state index >= 15 is 0 Å². The molecule has 0 aromatic rings. The zero-order valence-corrected chi connectivity index (χ0v) is 7.40. The van der Waals surface area contributed by atoms with Gasteiger partial charge in [-0.15, -0.1) is 0 Å². The van der Waals surface area contributed by atoms with E-state index in [1.165, 1.54) is 0 Å². The molecule has 0 aliphatic rings. The largest absolute Gasteiger partial charge is 0.331 e. The Kier molecular flexibility index (Phi) is 6.29. The normalized spacial score (nSPS) is 13.8. The maximum absolute atomic E-state index is 10.6. The predicted molar refractivity (Wildman–Crippen MR) is 39.3 cm³/mol. The molecule has 0 aromatic heterocycles. The maximum Gasteiger partial charge on any atom is 0.192 e. The van der Waals surface area contributed by atoms with Crippen LogP contribution in [0.5, 0.6) is 0 Å². The molecule has 2 nitrogen and oxygen atoms in total. The molecular formula is C4H10BrO2P. The van der Waals surface area contributed by atoms with Crippen molar-refractivity contribution >= 4 is 24.0 Å². The first-order chi connectivity index (χ1) is 3.81. The third-order valence-electron chi connectivity index (χ3n) is 0.604. The van der Waals surface area contributed by atoms with Gasteiger partial charge in [-0.05, 0) is 6.92 Å². The molecule has 1 atom stereocenters. The Hall–Kier alpha value is 0.670. The molecule has 0 radical (unpaired) electrons. The number of alkyl halides is 1. The molecule has 0 heterocycles.